The van der Waals surface area contributed by atoms with E-state index in [1.54, 1.807) is 31.3 Å². The van der Waals surface area contributed by atoms with Crippen molar-refractivity contribution in [1.82, 2.24) is 15.2 Å². The number of aryl methyl sites for hydroxylation is 2. The van der Waals surface area contributed by atoms with Gasteiger partial charge in [-0.05, 0) is 36.8 Å². The number of benzene rings is 2. The van der Waals surface area contributed by atoms with E-state index in [1.165, 1.54) is 11.8 Å². The fourth-order valence-corrected chi connectivity index (χ4v) is 3.25. The predicted molar refractivity (Wildman–Crippen MR) is 115 cm³/mol. The van der Waals surface area contributed by atoms with Gasteiger partial charge in [0.1, 0.15) is 23.6 Å². The highest BCUT2D eigenvalue weighted by Crippen LogP contribution is 2.32. The number of hydrazine groups is 2. The van der Waals surface area contributed by atoms with Crippen LogP contribution in [0.25, 0.3) is 11.3 Å². The van der Waals surface area contributed by atoms with Gasteiger partial charge in [0.05, 0.1) is 12.8 Å². The number of nitrogens with zero attached hydrogens (tertiary/aromatic N) is 3. The van der Waals surface area contributed by atoms with Crippen molar-refractivity contribution in [3.63, 3.8) is 0 Å². The van der Waals surface area contributed by atoms with Crippen molar-refractivity contribution in [3.8, 4) is 22.9 Å². The zero-order valence-corrected chi connectivity index (χ0v) is 17.5. The highest BCUT2D eigenvalue weighted by Gasteiger charge is 2.19. The van der Waals surface area contributed by atoms with Crippen molar-refractivity contribution in [3.05, 3.63) is 59.2 Å². The molecule has 2 amide bonds. The monoisotopic (exact) mass is 424 g/mol. The van der Waals surface area contributed by atoms with Gasteiger partial charge >= 0.3 is 6.03 Å². The molecule has 10 nitrogen and oxygen atoms in total. The second kappa shape index (κ2) is 9.28. The van der Waals surface area contributed by atoms with Crippen LogP contribution in [0, 0.1) is 6.92 Å². The molecule has 10 heteroatoms. The third-order valence-corrected chi connectivity index (χ3v) is 4.77. The Hall–Kier alpha value is -3.89. The Morgan fingerprint density at radius 1 is 1.29 bits per heavy atom. The minimum Gasteiger partial charge on any atom is -0.489 e. The number of carbonyl (C=O) groups excluding carboxylic acids is 2. The molecule has 162 valence electrons. The molecular formula is C21H24N6O4. The maximum Gasteiger partial charge on any atom is 0.350 e. The van der Waals surface area contributed by atoms with Gasteiger partial charge in [-0.2, -0.15) is 5.10 Å². The molecule has 0 radical (unpaired) electrons. The van der Waals surface area contributed by atoms with Gasteiger partial charge in [0, 0.05) is 18.2 Å². The first-order valence-corrected chi connectivity index (χ1v) is 9.34. The van der Waals surface area contributed by atoms with Crippen LogP contribution in [0.1, 0.15) is 21.5 Å². The minimum atomic E-state index is -0.648. The summed E-state index contributed by atoms with van der Waals surface area (Å²) >= 11 is 0. The van der Waals surface area contributed by atoms with Crippen molar-refractivity contribution in [2.45, 2.75) is 13.5 Å². The first kappa shape index (κ1) is 21.8. The number of aromatic nitrogens is 2. The number of para-hydroxylation sites is 1. The molecule has 0 spiro atoms. The van der Waals surface area contributed by atoms with Crippen LogP contribution in [0.3, 0.4) is 0 Å². The first-order chi connectivity index (χ1) is 14.9. The van der Waals surface area contributed by atoms with Gasteiger partial charge in [0.2, 0.25) is 5.88 Å². The van der Waals surface area contributed by atoms with E-state index in [2.05, 4.69) is 5.10 Å². The number of aldehydes is 1. The molecule has 0 saturated heterocycles. The van der Waals surface area contributed by atoms with Crippen molar-refractivity contribution >= 4 is 18.0 Å². The van der Waals surface area contributed by atoms with E-state index in [0.29, 0.717) is 34.1 Å². The maximum absolute atomic E-state index is 11.7. The zero-order valence-electron chi connectivity index (χ0n) is 17.5. The summed E-state index contributed by atoms with van der Waals surface area (Å²) in [6.07, 6.45) is 0.730. The van der Waals surface area contributed by atoms with Crippen molar-refractivity contribution in [2.24, 2.45) is 18.7 Å². The molecule has 31 heavy (non-hydrogen) atoms. The van der Waals surface area contributed by atoms with Gasteiger partial charge in [-0.25, -0.2) is 26.2 Å². The van der Waals surface area contributed by atoms with Crippen LogP contribution in [0.15, 0.2) is 42.5 Å². The molecule has 1 aromatic heterocycles. The third-order valence-electron chi connectivity index (χ3n) is 4.77. The van der Waals surface area contributed by atoms with Crippen molar-refractivity contribution in [2.75, 3.05) is 12.1 Å². The number of nitrogens with one attached hydrogen (secondary N) is 1. The Balaban J connectivity index is 1.84. The smallest absolute Gasteiger partial charge is 0.350 e. The number of carbonyl (C=O) groups is 2. The topological polar surface area (TPSA) is 138 Å². The fraction of sp³-hybridized carbons (Fsp3) is 0.190. The predicted octanol–water partition coefficient (Wildman–Crippen LogP) is 2.06. The van der Waals surface area contributed by atoms with Crippen LogP contribution in [0.5, 0.6) is 11.6 Å². The summed E-state index contributed by atoms with van der Waals surface area (Å²) in [6, 6.07) is 11.9. The SMILES string of the molecule is COc1c(C=O)c(-c2ccc(OCc3ccccc3N(N)C(=O)NN)c(C)c2)nn1C. The average Bonchev–Trinajstić information content (AvgIpc) is 3.12. The number of methoxy groups -OCH3 is 1. The van der Waals surface area contributed by atoms with Gasteiger partial charge in [0.25, 0.3) is 0 Å². The normalized spacial score (nSPS) is 10.5. The summed E-state index contributed by atoms with van der Waals surface area (Å²) in [5.41, 5.74) is 5.69. The fourth-order valence-electron chi connectivity index (χ4n) is 3.25. The molecule has 3 rings (SSSR count). The lowest BCUT2D eigenvalue weighted by Crippen LogP contribution is -2.48. The van der Waals surface area contributed by atoms with Crippen LogP contribution in [-0.2, 0) is 13.7 Å². The van der Waals surface area contributed by atoms with Gasteiger partial charge in [-0.15, -0.1) is 0 Å². The van der Waals surface area contributed by atoms with E-state index in [9.17, 15) is 9.59 Å². The Bertz CT molecular complexity index is 1110. The molecule has 0 bridgehead atoms. The number of anilines is 1. The minimum absolute atomic E-state index is 0.179. The lowest BCUT2D eigenvalue weighted by atomic mass is 10.1. The highest BCUT2D eigenvalue weighted by atomic mass is 16.5. The number of urea groups is 1. The third kappa shape index (κ3) is 4.34. The molecule has 0 fully saturated rings. The molecule has 3 aromatic rings. The van der Waals surface area contributed by atoms with Crippen LogP contribution in [0.2, 0.25) is 0 Å². The van der Waals surface area contributed by atoms with Crippen molar-refractivity contribution in [1.29, 1.82) is 0 Å². The molecule has 0 aliphatic heterocycles. The quantitative estimate of drug-likeness (QED) is 0.228. The van der Waals surface area contributed by atoms with E-state index >= 15 is 0 Å². The molecule has 1 heterocycles. The lowest BCUT2D eigenvalue weighted by Gasteiger charge is -2.19. The van der Waals surface area contributed by atoms with E-state index in [0.717, 1.165) is 22.4 Å². The molecule has 0 aliphatic rings. The summed E-state index contributed by atoms with van der Waals surface area (Å²) in [5.74, 6) is 12.0. The Kier molecular flexibility index (Phi) is 6.53. The lowest BCUT2D eigenvalue weighted by molar-refractivity contribution is 0.112. The van der Waals surface area contributed by atoms with E-state index < -0.39 is 6.03 Å². The summed E-state index contributed by atoms with van der Waals surface area (Å²) in [4.78, 5) is 23.3. The standard InChI is InChI=1S/C21H24N6O4/c1-13-10-14(19-16(11-28)20(30-3)26(2)25-19)8-9-18(13)31-12-15-6-4-5-7-17(15)27(23)21(29)24-22/h4-11H,12,22-23H2,1-3H3,(H,24,29). The van der Waals surface area contributed by atoms with Crippen LogP contribution in [-0.4, -0.2) is 29.2 Å². The summed E-state index contributed by atoms with van der Waals surface area (Å²) < 4.78 is 12.7. The Labute approximate surface area is 179 Å². The number of nitrogens with two attached hydrogens (primary N) is 2. The molecular weight excluding hydrogens is 400 g/mol. The molecule has 0 saturated carbocycles. The number of hydrogen-bond donors (Lipinski definition) is 3. The van der Waals surface area contributed by atoms with Crippen molar-refractivity contribution < 1.29 is 19.1 Å². The van der Waals surface area contributed by atoms with E-state index in [-0.39, 0.29) is 6.61 Å². The number of ether oxygens (including phenoxy) is 2. The van der Waals surface area contributed by atoms with Gasteiger partial charge < -0.3 is 9.47 Å². The molecule has 0 aliphatic carbocycles. The highest BCUT2D eigenvalue weighted by molar-refractivity contribution is 5.91. The summed E-state index contributed by atoms with van der Waals surface area (Å²) in [7, 11) is 3.20. The van der Waals surface area contributed by atoms with E-state index in [1.807, 2.05) is 30.5 Å². The summed E-state index contributed by atoms with van der Waals surface area (Å²) in [6.45, 7) is 2.07. The van der Waals surface area contributed by atoms with Gasteiger partial charge in [-0.1, -0.05) is 18.2 Å². The molecule has 5 N–H and O–H groups in total. The Morgan fingerprint density at radius 3 is 2.68 bits per heavy atom. The maximum atomic E-state index is 11.7. The van der Waals surface area contributed by atoms with E-state index in [4.69, 9.17) is 21.2 Å². The first-order valence-electron chi connectivity index (χ1n) is 9.34. The second-order valence-electron chi connectivity index (χ2n) is 6.73. The number of amides is 2. The summed E-state index contributed by atoms with van der Waals surface area (Å²) in [5, 5.41) is 5.32. The van der Waals surface area contributed by atoms with Crippen LogP contribution < -0.4 is 31.6 Å². The molecule has 0 atom stereocenters. The zero-order chi connectivity index (χ0) is 22.5. The average molecular weight is 424 g/mol. The molecule has 0 unspecified atom stereocenters. The Morgan fingerprint density at radius 2 is 2.03 bits per heavy atom. The second-order valence-corrected chi connectivity index (χ2v) is 6.73. The molecule has 2 aromatic carbocycles. The number of rotatable bonds is 7. The van der Waals surface area contributed by atoms with Gasteiger partial charge in [-0.3, -0.25) is 10.2 Å². The van der Waals surface area contributed by atoms with Crippen LogP contribution >= 0.6 is 0 Å². The van der Waals surface area contributed by atoms with Crippen LogP contribution in [0.4, 0.5) is 10.5 Å². The largest absolute Gasteiger partial charge is 0.489 e. The number of hydrogen-bond acceptors (Lipinski definition) is 7. The van der Waals surface area contributed by atoms with Gasteiger partial charge in [0.15, 0.2) is 6.29 Å².